The topological polar surface area (TPSA) is 221 Å². The molecule has 0 bridgehead atoms. The number of Topliss-reactive ketones (excluding diaryl/α,β-unsaturated/α-hetero) is 1. The van der Waals surface area contributed by atoms with E-state index < -0.39 is 0 Å². The highest BCUT2D eigenvalue weighted by molar-refractivity contribution is 7.78. The molecule has 0 heterocycles. The minimum atomic E-state index is -0.245. The minimum absolute atomic E-state index is 0.00463. The lowest BCUT2D eigenvalue weighted by Crippen LogP contribution is -2.11. The number of rotatable bonds is 1. The second kappa shape index (κ2) is 151. The van der Waals surface area contributed by atoms with Crippen molar-refractivity contribution >= 4 is 72.1 Å². The maximum absolute atomic E-state index is 9.70. The Morgan fingerprint density at radius 3 is 0.600 bits per heavy atom. The first-order valence-corrected chi connectivity index (χ1v) is 15.9. The first kappa shape index (κ1) is 90.9. The summed E-state index contributed by atoms with van der Waals surface area (Å²) in [5.41, 5.74) is 0. The lowest BCUT2D eigenvalue weighted by molar-refractivity contribution is -0.138. The molecule has 0 rings (SSSR count). The summed E-state index contributed by atoms with van der Waals surface area (Å²) in [7, 11) is 8.56. The lowest BCUT2D eigenvalue weighted by Gasteiger charge is -1.80. The molecule has 0 aromatic rings. The van der Waals surface area contributed by atoms with Crippen molar-refractivity contribution in [1.29, 1.82) is 5.41 Å². The van der Waals surface area contributed by atoms with Gasteiger partial charge in [-0.3, -0.25) is 28.8 Å². The Bertz CT molecular complexity index is 551. The van der Waals surface area contributed by atoms with Gasteiger partial charge in [-0.25, -0.2) is 0 Å². The van der Waals surface area contributed by atoms with Gasteiger partial charge in [0.25, 0.3) is 6.47 Å². The van der Waals surface area contributed by atoms with Gasteiger partial charge in [-0.05, 0) is 46.2 Å². The summed E-state index contributed by atoms with van der Waals surface area (Å²) in [6.07, 6.45) is 2.00. The van der Waals surface area contributed by atoms with Crippen molar-refractivity contribution in [3.05, 3.63) is 0 Å². The zero-order chi connectivity index (χ0) is 44.5. The number of hydrogen-bond acceptors (Lipinski definition) is 14. The Morgan fingerprint density at radius 1 is 0.540 bits per heavy atom. The average Bonchev–Trinajstić information content (AvgIpc) is 3.10. The molecule has 15 nitrogen and oxygen atoms in total. The molecule has 0 fully saturated rings. The molecule has 0 saturated carbocycles. The van der Waals surface area contributed by atoms with E-state index >= 15 is 0 Å². The van der Waals surface area contributed by atoms with Gasteiger partial charge in [0.05, 0.1) is 28.4 Å². The third-order valence-electron chi connectivity index (χ3n) is 1.66. The van der Waals surface area contributed by atoms with Crippen molar-refractivity contribution in [3.8, 4) is 0 Å². The molecule has 50 heavy (non-hydrogen) atoms. The molecule has 0 unspecified atom stereocenters. The predicted octanol–water partition coefficient (Wildman–Crippen LogP) is 6.40. The quantitative estimate of drug-likeness (QED) is 0.0868. The maximum atomic E-state index is 9.70. The summed E-state index contributed by atoms with van der Waals surface area (Å²) >= 11 is 4.27. The second-order valence-electron chi connectivity index (χ2n) is 5.70. The Labute approximate surface area is 312 Å². The van der Waals surface area contributed by atoms with E-state index in [1.165, 1.54) is 90.0 Å². The highest BCUT2D eigenvalue weighted by Crippen LogP contribution is 1.61. The molecule has 0 aliphatic carbocycles. The highest BCUT2D eigenvalue weighted by atomic mass is 32.1. The number of ether oxygens (including phenoxy) is 4. The van der Waals surface area contributed by atoms with E-state index in [1.54, 1.807) is 26.4 Å². The van der Waals surface area contributed by atoms with Gasteiger partial charge in [0.1, 0.15) is 12.1 Å². The molecule has 16 heteroatoms. The number of amides is 2. The summed E-state index contributed by atoms with van der Waals surface area (Å²) in [4.78, 5) is 75.4. The Kier molecular flexibility index (Phi) is 275. The van der Waals surface area contributed by atoms with Crippen LogP contribution in [0.5, 0.6) is 0 Å². The van der Waals surface area contributed by atoms with Crippen molar-refractivity contribution in [2.24, 2.45) is 0 Å². The van der Waals surface area contributed by atoms with Crippen LogP contribution in [0.2, 0.25) is 0 Å². The Morgan fingerprint density at radius 2 is 0.600 bits per heavy atom. The standard InChI is InChI=1S/2C3H7NO.3C3H6O2.C3H6O.C2H5N.C2H4O2.C2H4O.C2H4S.4C2H6/c2*1-3(5)4-2;3*1-3(4)5-2;1-3(2)4;1-2-3;1-4-2-3;2*1-2-3;4*1-2/h2*1-2H3,(H,4,5);3*1-2H3;1-2H3;2-3H,1H3;2H,1H3;2*2H,1H3;4*1-2H3. The number of esters is 3. The number of ketones is 1. The molecule has 2 amide bonds. The number of aldehydes is 1. The minimum Gasteiger partial charge on any atom is -0.471 e. The lowest BCUT2D eigenvalue weighted by atomic mass is 10.6. The number of hydrogen-bond donors (Lipinski definition) is 3. The highest BCUT2D eigenvalue weighted by Gasteiger charge is 1.77. The van der Waals surface area contributed by atoms with Crippen molar-refractivity contribution in [2.75, 3.05) is 42.5 Å². The van der Waals surface area contributed by atoms with Crippen molar-refractivity contribution in [3.63, 3.8) is 0 Å². The van der Waals surface area contributed by atoms with E-state index in [4.69, 9.17) is 15.0 Å². The summed E-state index contributed by atoms with van der Waals surface area (Å²) in [5.74, 6) is -0.560. The first-order valence-electron chi connectivity index (χ1n) is 15.4. The molecule has 0 saturated heterocycles. The van der Waals surface area contributed by atoms with Crippen molar-refractivity contribution in [1.82, 2.24) is 10.6 Å². The Hall–Kier alpha value is -4.08. The third-order valence-corrected chi connectivity index (χ3v) is 1.66. The van der Waals surface area contributed by atoms with Crippen LogP contribution in [0.15, 0.2) is 0 Å². The van der Waals surface area contributed by atoms with Crippen LogP contribution in [0.3, 0.4) is 0 Å². The van der Waals surface area contributed by atoms with Crippen LogP contribution in [0.4, 0.5) is 0 Å². The van der Waals surface area contributed by atoms with Gasteiger partial charge in [-0.15, -0.1) is 0 Å². The van der Waals surface area contributed by atoms with Gasteiger partial charge < -0.3 is 44.6 Å². The molecule has 308 valence electrons. The van der Waals surface area contributed by atoms with E-state index in [9.17, 15) is 28.8 Å². The number of carbonyl (C=O) groups is 8. The van der Waals surface area contributed by atoms with Crippen LogP contribution in [-0.4, -0.2) is 102 Å². The van der Waals surface area contributed by atoms with Gasteiger partial charge in [0.15, 0.2) is 0 Å². The van der Waals surface area contributed by atoms with E-state index in [0.29, 0.717) is 6.47 Å². The van der Waals surface area contributed by atoms with Gasteiger partial charge in [-0.2, -0.15) is 0 Å². The molecule has 0 aromatic carbocycles. The van der Waals surface area contributed by atoms with E-state index in [1.807, 2.05) is 62.3 Å². The largest absolute Gasteiger partial charge is 0.471 e. The fraction of sp³-hybridized carbons (Fsp3) is 0.706. The van der Waals surface area contributed by atoms with Crippen molar-refractivity contribution < 1.29 is 57.3 Å². The smallest absolute Gasteiger partial charge is 0.302 e. The number of thiocarbonyl (C=S) groups is 1. The molecule has 0 aromatic heterocycles. The molecule has 0 radical (unpaired) electrons. The summed E-state index contributed by atoms with van der Waals surface area (Å²) in [6.45, 7) is 31.4. The van der Waals surface area contributed by atoms with Gasteiger partial charge in [0, 0.05) is 48.7 Å². The SMILES string of the molecule is CC.CC.CC.CC.CC(C)=O.CC=N.CC=O.CC=S.CNC(C)=O.CNC(C)=O.COC(C)=O.COC(C)=O.COC(C)=O.COC=O. The van der Waals surface area contributed by atoms with Crippen LogP contribution in [0.1, 0.15) is 125 Å². The van der Waals surface area contributed by atoms with Gasteiger partial charge in [0.2, 0.25) is 11.8 Å². The van der Waals surface area contributed by atoms with Crippen molar-refractivity contribution in [2.45, 2.75) is 125 Å². The zero-order valence-corrected chi connectivity index (χ0v) is 36.9. The molecule has 0 aliphatic rings. The van der Waals surface area contributed by atoms with E-state index in [-0.39, 0.29) is 35.5 Å². The molecular weight excluding hydrogens is 674 g/mol. The van der Waals surface area contributed by atoms with Gasteiger partial charge >= 0.3 is 17.9 Å². The molecule has 0 aliphatic heterocycles. The molecule has 0 spiro atoms. The number of nitrogens with one attached hydrogen (secondary N) is 3. The fourth-order valence-electron chi connectivity index (χ4n) is 0. The summed E-state index contributed by atoms with van der Waals surface area (Å²) in [5, 5.41) is 12.4. The van der Waals surface area contributed by atoms with Crippen LogP contribution < -0.4 is 10.6 Å². The average molecular weight is 754 g/mol. The predicted molar refractivity (Wildman–Crippen MR) is 213 cm³/mol. The van der Waals surface area contributed by atoms with E-state index in [0.717, 1.165) is 6.29 Å². The summed E-state index contributed by atoms with van der Waals surface area (Å²) in [6, 6.07) is 0. The van der Waals surface area contributed by atoms with Crippen LogP contribution in [0.25, 0.3) is 0 Å². The number of methoxy groups -OCH3 is 4. The van der Waals surface area contributed by atoms with Crippen LogP contribution >= 0.6 is 12.2 Å². The van der Waals surface area contributed by atoms with Crippen LogP contribution in [0, 0.1) is 5.41 Å². The first-order chi connectivity index (χ1) is 23.2. The second-order valence-corrected chi connectivity index (χ2v) is 6.17. The molecule has 0 atom stereocenters. The zero-order valence-electron chi connectivity index (χ0n) is 36.1. The molecular formula is C34H79N3O12S. The fourth-order valence-corrected chi connectivity index (χ4v) is 0. The van der Waals surface area contributed by atoms with Crippen LogP contribution in [-0.2, 0) is 57.3 Å². The molecule has 3 N–H and O–H groups in total. The number of carbonyl (C=O) groups excluding carboxylic acids is 8. The third kappa shape index (κ3) is 1690. The monoisotopic (exact) mass is 754 g/mol. The normalized spacial score (nSPS) is 5.60. The summed E-state index contributed by atoms with van der Waals surface area (Å²) < 4.78 is 16.2. The van der Waals surface area contributed by atoms with E-state index in [2.05, 4.69) is 41.8 Å². The maximum Gasteiger partial charge on any atom is 0.302 e. The Balaban J connectivity index is -0.0000000236. The van der Waals surface area contributed by atoms with Gasteiger partial charge in [-0.1, -0.05) is 67.6 Å².